The second-order valence-electron chi connectivity index (χ2n) is 5.78. The lowest BCUT2D eigenvalue weighted by Gasteiger charge is -2.34. The van der Waals surface area contributed by atoms with Crippen LogP contribution < -0.4 is 0 Å². The molecule has 4 heteroatoms. The molecule has 1 heterocycles. The Kier molecular flexibility index (Phi) is 6.82. The Morgan fingerprint density at radius 2 is 1.52 bits per heavy atom. The van der Waals surface area contributed by atoms with Crippen molar-refractivity contribution in [2.45, 2.75) is 25.3 Å². The average Bonchev–Trinajstić information content (AvgIpc) is 2.57. The second kappa shape index (κ2) is 8.62. The number of halogens is 2. The first-order valence-electron chi connectivity index (χ1n) is 7.84. The highest BCUT2D eigenvalue weighted by Gasteiger charge is 2.29. The number of nitrogens with zero attached hydrogens (tertiary/aromatic N) is 1. The zero-order chi connectivity index (χ0) is 15.4. The molecule has 2 aromatic carbocycles. The molecule has 1 fully saturated rings. The second-order valence-corrected chi connectivity index (χ2v) is 6.70. The quantitative estimate of drug-likeness (QED) is 0.657. The minimum absolute atomic E-state index is 0. The summed E-state index contributed by atoms with van der Waals surface area (Å²) in [6, 6.07) is 17.7. The molecule has 3 rings (SSSR count). The van der Waals surface area contributed by atoms with Gasteiger partial charge in [-0.2, -0.15) is 0 Å². The van der Waals surface area contributed by atoms with Gasteiger partial charge in [0.05, 0.1) is 6.04 Å². The van der Waals surface area contributed by atoms with Crippen LogP contribution in [-0.2, 0) is 0 Å². The number of rotatable bonds is 4. The van der Waals surface area contributed by atoms with E-state index in [0.717, 1.165) is 28.7 Å². The van der Waals surface area contributed by atoms with Gasteiger partial charge in [-0.1, -0.05) is 64.8 Å². The van der Waals surface area contributed by atoms with Crippen molar-refractivity contribution in [3.8, 4) is 0 Å². The predicted molar refractivity (Wildman–Crippen MR) is 100 cm³/mol. The number of piperidine rings is 1. The summed E-state index contributed by atoms with van der Waals surface area (Å²) in [5.41, 5.74) is 1.87. The van der Waals surface area contributed by atoms with Crippen LogP contribution >= 0.6 is 28.3 Å². The fraction of sp³-hybridized carbons (Fsp3) is 0.316. The van der Waals surface area contributed by atoms with Gasteiger partial charge in [0, 0.05) is 10.0 Å². The van der Waals surface area contributed by atoms with Gasteiger partial charge in [0.25, 0.3) is 0 Å². The molecule has 122 valence electrons. The van der Waals surface area contributed by atoms with Crippen LogP contribution in [-0.4, -0.2) is 23.8 Å². The standard InChI is InChI=1S/C19H20BrNO.ClH/c20-17-11-9-16(10-12-17)19(22)18(15-7-3-1-4-8-15)21-13-5-2-6-14-21;/h1,3-4,7-12,18H,2,5-6,13-14H2;1H. The Balaban J connectivity index is 0.00000192. The van der Waals surface area contributed by atoms with Gasteiger partial charge in [0.1, 0.15) is 0 Å². The van der Waals surface area contributed by atoms with Gasteiger partial charge in [-0.3, -0.25) is 9.69 Å². The van der Waals surface area contributed by atoms with E-state index < -0.39 is 0 Å². The van der Waals surface area contributed by atoms with Crippen molar-refractivity contribution in [2.75, 3.05) is 13.1 Å². The molecule has 0 amide bonds. The monoisotopic (exact) mass is 393 g/mol. The first-order valence-corrected chi connectivity index (χ1v) is 8.64. The van der Waals surface area contributed by atoms with Crippen molar-refractivity contribution < 1.29 is 4.79 Å². The number of Topliss-reactive ketones (excluding diaryl/α,β-unsaturated/α-hetero) is 1. The van der Waals surface area contributed by atoms with E-state index in [1.54, 1.807) is 0 Å². The smallest absolute Gasteiger partial charge is 0.184 e. The van der Waals surface area contributed by atoms with Crippen molar-refractivity contribution in [1.82, 2.24) is 4.90 Å². The molecule has 0 spiro atoms. The molecule has 1 saturated heterocycles. The number of hydrogen-bond acceptors (Lipinski definition) is 2. The van der Waals surface area contributed by atoms with Crippen LogP contribution in [0.2, 0.25) is 0 Å². The molecule has 0 N–H and O–H groups in total. The van der Waals surface area contributed by atoms with E-state index >= 15 is 0 Å². The Morgan fingerprint density at radius 3 is 2.13 bits per heavy atom. The Hall–Kier alpha value is -1.16. The minimum Gasteiger partial charge on any atom is -0.292 e. The van der Waals surface area contributed by atoms with E-state index in [9.17, 15) is 4.79 Å². The lowest BCUT2D eigenvalue weighted by Crippen LogP contribution is -2.38. The molecule has 0 aliphatic carbocycles. The van der Waals surface area contributed by atoms with Gasteiger partial charge < -0.3 is 0 Å². The molecule has 0 radical (unpaired) electrons. The molecular weight excluding hydrogens is 374 g/mol. The van der Waals surface area contributed by atoms with E-state index in [-0.39, 0.29) is 24.2 Å². The molecule has 2 nitrogen and oxygen atoms in total. The van der Waals surface area contributed by atoms with Gasteiger partial charge in [0.2, 0.25) is 0 Å². The summed E-state index contributed by atoms with van der Waals surface area (Å²) in [4.78, 5) is 15.4. The molecular formula is C19H21BrClNO. The average molecular weight is 395 g/mol. The Bertz CT molecular complexity index is 624. The summed E-state index contributed by atoms with van der Waals surface area (Å²) in [7, 11) is 0. The number of likely N-dealkylation sites (tertiary alicyclic amines) is 1. The third-order valence-electron chi connectivity index (χ3n) is 4.25. The SMILES string of the molecule is Cl.O=C(c1ccc(Br)cc1)C(c1ccccc1)N1CCCCC1. The minimum atomic E-state index is -0.164. The van der Waals surface area contributed by atoms with E-state index in [1.807, 2.05) is 42.5 Å². The maximum Gasteiger partial charge on any atom is 0.184 e. The third-order valence-corrected chi connectivity index (χ3v) is 4.78. The molecule has 1 aliphatic rings. The molecule has 0 aromatic heterocycles. The summed E-state index contributed by atoms with van der Waals surface area (Å²) in [5.74, 6) is 0.195. The summed E-state index contributed by atoms with van der Waals surface area (Å²) in [6.45, 7) is 2.00. The fourth-order valence-corrected chi connectivity index (χ4v) is 3.38. The third kappa shape index (κ3) is 4.43. The largest absolute Gasteiger partial charge is 0.292 e. The number of carbonyl (C=O) groups is 1. The van der Waals surface area contributed by atoms with Crippen LogP contribution in [0.25, 0.3) is 0 Å². The molecule has 1 atom stereocenters. The van der Waals surface area contributed by atoms with Crippen LogP contribution in [0, 0.1) is 0 Å². The number of benzene rings is 2. The van der Waals surface area contributed by atoms with Crippen LogP contribution in [0.1, 0.15) is 41.2 Å². The number of hydrogen-bond donors (Lipinski definition) is 0. The first kappa shape index (κ1) is 18.2. The normalized spacial score (nSPS) is 16.4. The van der Waals surface area contributed by atoms with Crippen LogP contribution in [0.15, 0.2) is 59.1 Å². The fourth-order valence-electron chi connectivity index (χ4n) is 3.11. The zero-order valence-corrected chi connectivity index (χ0v) is 15.4. The molecule has 2 aromatic rings. The van der Waals surface area contributed by atoms with Gasteiger partial charge in [0.15, 0.2) is 5.78 Å². The molecule has 0 bridgehead atoms. The zero-order valence-electron chi connectivity index (χ0n) is 13.0. The van der Waals surface area contributed by atoms with Gasteiger partial charge in [-0.15, -0.1) is 12.4 Å². The highest BCUT2D eigenvalue weighted by atomic mass is 79.9. The van der Waals surface area contributed by atoms with Crippen molar-refractivity contribution in [2.24, 2.45) is 0 Å². The highest BCUT2D eigenvalue weighted by Crippen LogP contribution is 2.28. The van der Waals surface area contributed by atoms with Crippen LogP contribution in [0.4, 0.5) is 0 Å². The topological polar surface area (TPSA) is 20.3 Å². The summed E-state index contributed by atoms with van der Waals surface area (Å²) in [5, 5.41) is 0. The van der Waals surface area contributed by atoms with Crippen molar-refractivity contribution >= 4 is 34.1 Å². The predicted octanol–water partition coefficient (Wildman–Crippen LogP) is 5.28. The van der Waals surface area contributed by atoms with Crippen molar-refractivity contribution in [1.29, 1.82) is 0 Å². The molecule has 1 unspecified atom stereocenters. The first-order chi connectivity index (χ1) is 10.8. The van der Waals surface area contributed by atoms with Gasteiger partial charge in [-0.05, 0) is 43.6 Å². The van der Waals surface area contributed by atoms with E-state index in [0.29, 0.717) is 0 Å². The van der Waals surface area contributed by atoms with Crippen molar-refractivity contribution in [3.63, 3.8) is 0 Å². The number of ketones is 1. The van der Waals surface area contributed by atoms with Crippen LogP contribution in [0.5, 0.6) is 0 Å². The lowest BCUT2D eigenvalue weighted by molar-refractivity contribution is 0.0783. The Morgan fingerprint density at radius 1 is 0.913 bits per heavy atom. The summed E-state index contributed by atoms with van der Waals surface area (Å²) in [6.07, 6.45) is 3.62. The molecule has 0 saturated carbocycles. The van der Waals surface area contributed by atoms with Crippen molar-refractivity contribution in [3.05, 3.63) is 70.2 Å². The maximum absolute atomic E-state index is 13.1. The summed E-state index contributed by atoms with van der Waals surface area (Å²) >= 11 is 3.43. The van der Waals surface area contributed by atoms with E-state index in [2.05, 4.69) is 33.0 Å². The van der Waals surface area contributed by atoms with E-state index in [1.165, 1.54) is 19.3 Å². The van der Waals surface area contributed by atoms with E-state index in [4.69, 9.17) is 0 Å². The lowest BCUT2D eigenvalue weighted by atomic mass is 9.94. The maximum atomic E-state index is 13.1. The Labute approximate surface area is 152 Å². The van der Waals surface area contributed by atoms with Gasteiger partial charge >= 0.3 is 0 Å². The van der Waals surface area contributed by atoms with Crippen LogP contribution in [0.3, 0.4) is 0 Å². The number of carbonyl (C=O) groups excluding carboxylic acids is 1. The highest BCUT2D eigenvalue weighted by molar-refractivity contribution is 9.10. The molecule has 1 aliphatic heterocycles. The summed E-state index contributed by atoms with van der Waals surface area (Å²) < 4.78 is 0.998. The molecule has 23 heavy (non-hydrogen) atoms. The van der Waals surface area contributed by atoms with Gasteiger partial charge in [-0.25, -0.2) is 0 Å².